The maximum atomic E-state index is 11.4. The van der Waals surface area contributed by atoms with Crippen LogP contribution in [0.4, 0.5) is 0 Å². The number of halogens is 1. The number of hydrogen-bond donors (Lipinski definition) is 0. The van der Waals surface area contributed by atoms with Crippen molar-refractivity contribution in [2.75, 3.05) is 33.3 Å². The fraction of sp³-hybridized carbons (Fsp3) is 0.909. The molecule has 1 saturated heterocycles. The fourth-order valence-electron chi connectivity index (χ4n) is 2.05. The molecule has 17 heavy (non-hydrogen) atoms. The monoisotopic (exact) mass is 372 g/mol. The van der Waals surface area contributed by atoms with Crippen LogP contribution in [0.15, 0.2) is 0 Å². The van der Waals surface area contributed by atoms with Gasteiger partial charge in [-0.15, -0.1) is 0 Å². The van der Waals surface area contributed by atoms with Gasteiger partial charge in [0.25, 0.3) is 0 Å². The number of rotatable bonds is 6. The van der Waals surface area contributed by atoms with Crippen molar-refractivity contribution in [3.63, 3.8) is 0 Å². The lowest BCUT2D eigenvalue weighted by atomic mass is 10.1. The van der Waals surface area contributed by atoms with Crippen LogP contribution in [0.5, 0.6) is 0 Å². The maximum absolute atomic E-state index is 11.4. The molecule has 0 bridgehead atoms. The number of nitrogens with zero attached hydrogens (tertiary/aromatic N) is 2. The normalized spacial score (nSPS) is 22.6. The molecular formula is C11H21IN2O2S. The Hall–Kier alpha value is 0.470. The molecule has 1 aliphatic rings. The summed E-state index contributed by atoms with van der Waals surface area (Å²) in [4.78, 5) is 13.9. The van der Waals surface area contributed by atoms with Gasteiger partial charge in [0, 0.05) is 46.9 Å². The summed E-state index contributed by atoms with van der Waals surface area (Å²) in [5.74, 6) is -0.100. The lowest BCUT2D eigenvalue weighted by Crippen LogP contribution is -2.51. The average Bonchev–Trinajstić information content (AvgIpc) is 2.36. The molecule has 0 radical (unpaired) electrons. The third kappa shape index (κ3) is 5.32. The summed E-state index contributed by atoms with van der Waals surface area (Å²) < 4.78 is 7.10. The van der Waals surface area contributed by atoms with E-state index in [-0.39, 0.29) is 5.97 Å². The lowest BCUT2D eigenvalue weighted by molar-refractivity contribution is -0.142. The van der Waals surface area contributed by atoms with Gasteiger partial charge in [0.1, 0.15) is 0 Å². The Bertz CT molecular complexity index is 244. The van der Waals surface area contributed by atoms with E-state index in [1.54, 1.807) is 9.12 Å². The molecule has 0 spiro atoms. The maximum Gasteiger partial charge on any atom is 0.307 e. The molecule has 1 atom stereocenters. The van der Waals surface area contributed by atoms with E-state index < -0.39 is 0 Å². The van der Waals surface area contributed by atoms with Gasteiger partial charge in [0.15, 0.2) is 0 Å². The second-order valence-electron chi connectivity index (χ2n) is 4.28. The van der Waals surface area contributed by atoms with E-state index in [0.717, 1.165) is 26.2 Å². The first-order valence-corrected chi connectivity index (χ1v) is 9.37. The standard InChI is InChI=1S/C11H21IN2O2S/c1-3-4-5-13-6-7-14(17-12)9-10(13)8-11(15)16-2/h10H,3-9H2,1-2H3. The van der Waals surface area contributed by atoms with E-state index >= 15 is 0 Å². The van der Waals surface area contributed by atoms with Crippen molar-refractivity contribution < 1.29 is 9.53 Å². The van der Waals surface area contributed by atoms with Crippen LogP contribution in [-0.2, 0) is 9.53 Å². The molecule has 0 aromatic rings. The number of piperazine rings is 1. The molecule has 0 aromatic carbocycles. The second-order valence-corrected chi connectivity index (χ2v) is 6.12. The van der Waals surface area contributed by atoms with Crippen molar-refractivity contribution >= 4 is 36.3 Å². The highest BCUT2D eigenvalue weighted by atomic mass is 127. The summed E-state index contributed by atoms with van der Waals surface area (Å²) in [5, 5.41) is 0. The molecule has 0 aromatic heterocycles. The van der Waals surface area contributed by atoms with Gasteiger partial charge in [-0.05, 0) is 22.1 Å². The highest BCUT2D eigenvalue weighted by molar-refractivity contribution is 14.2. The van der Waals surface area contributed by atoms with Crippen LogP contribution in [0.25, 0.3) is 0 Å². The predicted molar refractivity (Wildman–Crippen MR) is 80.1 cm³/mol. The van der Waals surface area contributed by atoms with E-state index in [0.29, 0.717) is 12.5 Å². The van der Waals surface area contributed by atoms with Crippen molar-refractivity contribution in [2.45, 2.75) is 32.2 Å². The molecule has 0 aliphatic carbocycles. The Kier molecular flexibility index (Phi) is 7.81. The molecule has 0 saturated carbocycles. The summed E-state index contributed by atoms with van der Waals surface area (Å²) in [5.41, 5.74) is 0. The zero-order chi connectivity index (χ0) is 12.7. The Morgan fingerprint density at radius 3 is 2.88 bits per heavy atom. The first-order valence-electron chi connectivity index (χ1n) is 6.05. The van der Waals surface area contributed by atoms with Gasteiger partial charge >= 0.3 is 5.97 Å². The topological polar surface area (TPSA) is 32.8 Å². The van der Waals surface area contributed by atoms with Gasteiger partial charge in [-0.3, -0.25) is 9.69 Å². The first kappa shape index (κ1) is 15.5. The van der Waals surface area contributed by atoms with Crippen LogP contribution in [-0.4, -0.2) is 54.5 Å². The Morgan fingerprint density at radius 1 is 1.53 bits per heavy atom. The van der Waals surface area contributed by atoms with Crippen LogP contribution < -0.4 is 0 Å². The molecule has 1 heterocycles. The average molecular weight is 372 g/mol. The molecule has 0 N–H and O–H groups in total. The van der Waals surface area contributed by atoms with Gasteiger partial charge in [0.2, 0.25) is 0 Å². The molecular weight excluding hydrogens is 351 g/mol. The highest BCUT2D eigenvalue weighted by Crippen LogP contribution is 2.24. The van der Waals surface area contributed by atoms with Gasteiger partial charge < -0.3 is 4.74 Å². The van der Waals surface area contributed by atoms with Crippen LogP contribution in [0, 0.1) is 0 Å². The van der Waals surface area contributed by atoms with E-state index in [2.05, 4.69) is 37.3 Å². The SMILES string of the molecule is CCCCN1CCN(SI)CC1CC(=O)OC. The first-order chi connectivity index (χ1) is 8.21. The quantitative estimate of drug-likeness (QED) is 0.406. The van der Waals surface area contributed by atoms with Gasteiger partial charge in [0.05, 0.1) is 13.5 Å². The molecule has 100 valence electrons. The van der Waals surface area contributed by atoms with Gasteiger partial charge in [-0.1, -0.05) is 13.3 Å². The van der Waals surface area contributed by atoms with Crippen LogP contribution in [0.1, 0.15) is 26.2 Å². The number of carbonyl (C=O) groups is 1. The minimum Gasteiger partial charge on any atom is -0.469 e. The molecule has 1 fully saturated rings. The number of ether oxygens (including phenoxy) is 1. The lowest BCUT2D eigenvalue weighted by Gasteiger charge is -2.39. The van der Waals surface area contributed by atoms with Crippen LogP contribution in [0.3, 0.4) is 0 Å². The molecule has 1 unspecified atom stereocenters. The third-order valence-electron chi connectivity index (χ3n) is 3.09. The predicted octanol–water partition coefficient (Wildman–Crippen LogP) is 2.33. The molecule has 1 rings (SSSR count). The van der Waals surface area contributed by atoms with E-state index in [1.807, 2.05) is 0 Å². The number of methoxy groups -OCH3 is 1. The smallest absolute Gasteiger partial charge is 0.307 e. The molecule has 6 heteroatoms. The van der Waals surface area contributed by atoms with Gasteiger partial charge in [-0.25, -0.2) is 4.31 Å². The number of hydrogen-bond acceptors (Lipinski definition) is 5. The number of carbonyl (C=O) groups excluding carboxylic acids is 1. The second kappa shape index (κ2) is 8.55. The minimum atomic E-state index is -0.100. The molecule has 0 amide bonds. The summed E-state index contributed by atoms with van der Waals surface area (Å²) in [6.45, 7) is 6.38. The molecule has 4 nitrogen and oxygen atoms in total. The Labute approximate surface area is 120 Å². The fourth-order valence-corrected chi connectivity index (χ4v) is 3.50. The Balaban J connectivity index is 2.51. The van der Waals surface area contributed by atoms with Gasteiger partial charge in [-0.2, -0.15) is 0 Å². The van der Waals surface area contributed by atoms with Crippen molar-refractivity contribution in [2.24, 2.45) is 0 Å². The number of unbranched alkanes of at least 4 members (excludes halogenated alkanes) is 1. The summed E-state index contributed by atoms with van der Waals surface area (Å²) >= 11 is 2.30. The van der Waals surface area contributed by atoms with Crippen molar-refractivity contribution in [3.05, 3.63) is 0 Å². The van der Waals surface area contributed by atoms with E-state index in [4.69, 9.17) is 4.74 Å². The van der Waals surface area contributed by atoms with E-state index in [9.17, 15) is 4.79 Å². The zero-order valence-electron chi connectivity index (χ0n) is 10.5. The zero-order valence-corrected chi connectivity index (χ0v) is 13.5. The largest absolute Gasteiger partial charge is 0.469 e. The number of esters is 1. The van der Waals surface area contributed by atoms with Crippen LogP contribution >= 0.6 is 30.3 Å². The highest BCUT2D eigenvalue weighted by Gasteiger charge is 2.28. The molecule has 1 aliphatic heterocycles. The van der Waals surface area contributed by atoms with Crippen molar-refractivity contribution in [3.8, 4) is 0 Å². The minimum absolute atomic E-state index is 0.100. The summed E-state index contributed by atoms with van der Waals surface area (Å²) in [6, 6.07) is 0.310. The Morgan fingerprint density at radius 2 is 2.29 bits per heavy atom. The summed E-state index contributed by atoms with van der Waals surface area (Å²) in [7, 11) is 3.20. The van der Waals surface area contributed by atoms with Crippen LogP contribution in [0.2, 0.25) is 0 Å². The van der Waals surface area contributed by atoms with E-state index in [1.165, 1.54) is 20.0 Å². The van der Waals surface area contributed by atoms with Crippen molar-refractivity contribution in [1.29, 1.82) is 0 Å². The summed E-state index contributed by atoms with van der Waals surface area (Å²) in [6.07, 6.45) is 2.91. The third-order valence-corrected chi connectivity index (χ3v) is 5.29. The van der Waals surface area contributed by atoms with Crippen molar-refractivity contribution in [1.82, 2.24) is 9.21 Å².